The number of nitrogens with one attached hydrogen (secondary N) is 2. The number of imidazole rings is 1. The van der Waals surface area contributed by atoms with E-state index in [1.165, 1.54) is 7.11 Å². The largest absolute Gasteiger partial charge is 0.467 e. The Morgan fingerprint density at radius 2 is 1.84 bits per heavy atom. The molecule has 2 heterocycles. The van der Waals surface area contributed by atoms with Crippen LogP contribution in [-0.2, 0) is 39.1 Å². The van der Waals surface area contributed by atoms with Crippen molar-refractivity contribution in [1.82, 2.24) is 14.9 Å². The van der Waals surface area contributed by atoms with Gasteiger partial charge >= 0.3 is 12.0 Å². The smallest absolute Gasteiger partial charge is 0.328 e. The van der Waals surface area contributed by atoms with Gasteiger partial charge in [0, 0.05) is 49.3 Å². The Balaban J connectivity index is 1.29. The lowest BCUT2D eigenvalue weighted by molar-refractivity contribution is -0.245. The lowest BCUT2D eigenvalue weighted by Crippen LogP contribution is -2.45. The molecular weight excluding hydrogens is 580 g/mol. The predicted octanol–water partition coefficient (Wildman–Crippen LogP) is 5.16. The number of hydrogen-bond acceptors (Lipinski definition) is 8. The lowest BCUT2D eigenvalue weighted by Gasteiger charge is -2.36. The maximum absolute atomic E-state index is 13.0. The molecule has 1 aromatic heterocycles. The molecule has 4 atom stereocenters. The van der Waals surface area contributed by atoms with Gasteiger partial charge < -0.3 is 34.5 Å². The number of amides is 2. The average Bonchev–Trinajstić information content (AvgIpc) is 3.47. The first-order valence-corrected chi connectivity index (χ1v) is 15.3. The minimum Gasteiger partial charge on any atom is -0.467 e. The molecule has 0 saturated carbocycles. The van der Waals surface area contributed by atoms with Crippen molar-refractivity contribution in [1.29, 1.82) is 0 Å². The molecule has 5 rings (SSSR count). The zero-order valence-electron chi connectivity index (χ0n) is 24.6. The molecule has 4 aromatic rings. The highest BCUT2D eigenvalue weighted by molar-refractivity contribution is 7.99. The molecule has 2 amide bonds. The molecule has 0 unspecified atom stereocenters. The van der Waals surface area contributed by atoms with Crippen LogP contribution in [0.25, 0.3) is 0 Å². The van der Waals surface area contributed by atoms with Crippen molar-refractivity contribution in [3.8, 4) is 0 Å². The van der Waals surface area contributed by atoms with E-state index in [0.29, 0.717) is 24.3 Å². The van der Waals surface area contributed by atoms with Gasteiger partial charge in [-0.1, -0.05) is 78.5 Å². The number of carbonyl (C=O) groups is 2. The zero-order chi connectivity index (χ0) is 30.9. The number of aliphatic hydroxyl groups excluding tert-OH is 1. The number of aliphatic hydroxyl groups is 1. The van der Waals surface area contributed by atoms with E-state index in [1.807, 2.05) is 84.5 Å². The summed E-state index contributed by atoms with van der Waals surface area (Å²) in [4.78, 5) is 29.8. The summed E-state index contributed by atoms with van der Waals surface area (Å²) in [5.41, 5.74) is 3.97. The van der Waals surface area contributed by atoms with Gasteiger partial charge in [-0.2, -0.15) is 0 Å². The van der Waals surface area contributed by atoms with Crippen LogP contribution in [0.5, 0.6) is 0 Å². The number of aromatic nitrogens is 2. The number of methoxy groups -OCH3 is 1. The predicted molar refractivity (Wildman–Crippen MR) is 167 cm³/mol. The summed E-state index contributed by atoms with van der Waals surface area (Å²) >= 11 is 1.62. The minimum atomic E-state index is -0.856. The maximum atomic E-state index is 13.0. The van der Waals surface area contributed by atoms with Crippen LogP contribution >= 0.6 is 11.8 Å². The van der Waals surface area contributed by atoms with E-state index in [9.17, 15) is 14.7 Å². The van der Waals surface area contributed by atoms with Crippen LogP contribution in [0.4, 0.5) is 10.5 Å². The number of urea groups is 1. The van der Waals surface area contributed by atoms with Crippen LogP contribution in [0.15, 0.2) is 96.4 Å². The summed E-state index contributed by atoms with van der Waals surface area (Å²) < 4.78 is 19.8. The van der Waals surface area contributed by atoms with Gasteiger partial charge in [0.2, 0.25) is 0 Å². The SMILES string of the molecule is COC(=O)[C@H](Cc1ccccc1)NC(=O)Nc1cccc([C@@H]2O[C@H](CSc3nccn3C)C[C@H](c3ccc(CO)cc3)O2)c1. The molecule has 11 heteroatoms. The summed E-state index contributed by atoms with van der Waals surface area (Å²) in [6.45, 7) is -0.0273. The van der Waals surface area contributed by atoms with E-state index in [0.717, 1.165) is 27.4 Å². The number of ether oxygens (including phenoxy) is 3. The monoisotopic (exact) mass is 616 g/mol. The summed E-state index contributed by atoms with van der Waals surface area (Å²) in [5.74, 6) is 0.140. The van der Waals surface area contributed by atoms with Crippen molar-refractivity contribution in [3.05, 3.63) is 114 Å². The summed E-state index contributed by atoms with van der Waals surface area (Å²) in [6, 6.07) is 23.0. The molecule has 230 valence electrons. The molecule has 0 aliphatic carbocycles. The number of carbonyl (C=O) groups excluding carboxylic acids is 2. The van der Waals surface area contributed by atoms with Crippen LogP contribution < -0.4 is 10.6 Å². The second-order valence-corrected chi connectivity index (χ2v) is 11.5. The Hall–Kier alpha value is -4.16. The Kier molecular flexibility index (Phi) is 10.7. The van der Waals surface area contributed by atoms with Gasteiger partial charge in [-0.3, -0.25) is 0 Å². The standard InChI is InChI=1S/C33H36N4O6S/c1-37-16-15-34-33(37)44-21-27-19-29(24-13-11-23(20-38)12-14-24)43-31(42-27)25-9-6-10-26(18-25)35-32(40)36-28(30(39)41-2)17-22-7-4-3-5-8-22/h3-16,18,27-29,31,38H,17,19-21H2,1-2H3,(H2,35,36,40)/t27-,28-,29+,31+/m0/s1. The second-order valence-electron chi connectivity index (χ2n) is 10.5. The van der Waals surface area contributed by atoms with Crippen molar-refractivity contribution < 1.29 is 28.9 Å². The van der Waals surface area contributed by atoms with Gasteiger partial charge in [-0.05, 0) is 28.8 Å². The third-order valence-corrected chi connectivity index (χ3v) is 8.47. The molecule has 1 fully saturated rings. The van der Waals surface area contributed by atoms with E-state index in [2.05, 4.69) is 15.6 Å². The highest BCUT2D eigenvalue weighted by atomic mass is 32.2. The second kappa shape index (κ2) is 15.0. The van der Waals surface area contributed by atoms with Crippen molar-refractivity contribution in [2.24, 2.45) is 7.05 Å². The number of rotatable bonds is 11. The van der Waals surface area contributed by atoms with Gasteiger partial charge in [-0.15, -0.1) is 0 Å². The Bertz CT molecular complexity index is 1530. The Labute approximate surface area is 260 Å². The number of anilines is 1. The van der Waals surface area contributed by atoms with Gasteiger partial charge in [-0.25, -0.2) is 14.6 Å². The maximum Gasteiger partial charge on any atom is 0.328 e. The third kappa shape index (κ3) is 8.26. The zero-order valence-corrected chi connectivity index (χ0v) is 25.4. The van der Waals surface area contributed by atoms with Crippen molar-refractivity contribution in [2.45, 2.75) is 49.1 Å². The van der Waals surface area contributed by atoms with Crippen molar-refractivity contribution >= 4 is 29.4 Å². The molecule has 0 spiro atoms. The van der Waals surface area contributed by atoms with Crippen molar-refractivity contribution in [3.63, 3.8) is 0 Å². The molecule has 1 saturated heterocycles. The highest BCUT2D eigenvalue weighted by Crippen LogP contribution is 2.39. The van der Waals surface area contributed by atoms with E-state index in [4.69, 9.17) is 14.2 Å². The fourth-order valence-electron chi connectivity index (χ4n) is 4.96. The number of esters is 1. The molecule has 1 aliphatic heterocycles. The van der Waals surface area contributed by atoms with Crippen LogP contribution in [0.2, 0.25) is 0 Å². The quantitative estimate of drug-likeness (QED) is 0.156. The number of nitrogens with zero attached hydrogens (tertiary/aromatic N) is 2. The first-order chi connectivity index (χ1) is 21.4. The molecule has 44 heavy (non-hydrogen) atoms. The van der Waals surface area contributed by atoms with Gasteiger partial charge in [0.1, 0.15) is 6.04 Å². The Morgan fingerprint density at radius 3 is 2.55 bits per heavy atom. The van der Waals surface area contributed by atoms with Gasteiger partial charge in [0.25, 0.3) is 0 Å². The highest BCUT2D eigenvalue weighted by Gasteiger charge is 2.33. The molecule has 0 radical (unpaired) electrons. The van der Waals surface area contributed by atoms with Gasteiger partial charge in [0.15, 0.2) is 11.4 Å². The summed E-state index contributed by atoms with van der Waals surface area (Å²) in [6.07, 6.45) is 3.54. The van der Waals surface area contributed by atoms with Crippen LogP contribution in [0.3, 0.4) is 0 Å². The first kappa shape index (κ1) is 31.3. The van der Waals surface area contributed by atoms with E-state index in [-0.39, 0.29) is 18.8 Å². The number of thioether (sulfide) groups is 1. The minimum absolute atomic E-state index is 0.0273. The average molecular weight is 617 g/mol. The molecule has 1 aliphatic rings. The Morgan fingerprint density at radius 1 is 1.05 bits per heavy atom. The van der Waals surface area contributed by atoms with E-state index < -0.39 is 24.3 Å². The molecule has 10 nitrogen and oxygen atoms in total. The van der Waals surface area contributed by atoms with Crippen LogP contribution in [0.1, 0.15) is 41.1 Å². The van der Waals surface area contributed by atoms with E-state index in [1.54, 1.807) is 30.1 Å². The molecule has 3 aromatic carbocycles. The lowest BCUT2D eigenvalue weighted by atomic mass is 10.0. The molecule has 3 N–H and O–H groups in total. The normalized spacial score (nSPS) is 18.8. The third-order valence-electron chi connectivity index (χ3n) is 7.28. The van der Waals surface area contributed by atoms with Gasteiger partial charge in [0.05, 0.1) is 25.9 Å². The summed E-state index contributed by atoms with van der Waals surface area (Å²) in [5, 5.41) is 15.9. The number of benzene rings is 3. The molecule has 0 bridgehead atoms. The fourth-order valence-corrected chi connectivity index (χ4v) is 5.90. The summed E-state index contributed by atoms with van der Waals surface area (Å²) in [7, 11) is 3.25. The topological polar surface area (TPSA) is 124 Å². The van der Waals surface area contributed by atoms with E-state index >= 15 is 0 Å². The molecular formula is C33H36N4O6S. The van der Waals surface area contributed by atoms with Crippen molar-refractivity contribution in [2.75, 3.05) is 18.2 Å². The van der Waals surface area contributed by atoms with Crippen LogP contribution in [-0.4, -0.2) is 51.7 Å². The fraction of sp³-hybridized carbons (Fsp3) is 0.303. The number of aryl methyl sites for hydroxylation is 1. The number of hydrogen-bond donors (Lipinski definition) is 3. The first-order valence-electron chi connectivity index (χ1n) is 14.3. The van der Waals surface area contributed by atoms with Crippen LogP contribution in [0, 0.1) is 0 Å².